The lowest BCUT2D eigenvalue weighted by Gasteiger charge is -2.24. The molecule has 0 radical (unpaired) electrons. The number of nitrogens with zero attached hydrogens (tertiary/aromatic N) is 2. The molecule has 0 atom stereocenters. The Morgan fingerprint density at radius 1 is 1.22 bits per heavy atom. The van der Waals surface area contributed by atoms with E-state index in [0.29, 0.717) is 22.1 Å². The number of anilines is 1. The number of rotatable bonds is 5. The smallest absolute Gasteiger partial charge is 0.352 e. The van der Waals surface area contributed by atoms with E-state index >= 15 is 0 Å². The van der Waals surface area contributed by atoms with Gasteiger partial charge in [0, 0.05) is 12.8 Å². The van der Waals surface area contributed by atoms with E-state index in [2.05, 4.69) is 0 Å². The third-order valence-corrected chi connectivity index (χ3v) is 4.71. The number of carbonyl (C=O) groups excluding carboxylic acids is 1. The monoisotopic (exact) mass is 394 g/mol. The van der Waals surface area contributed by atoms with Gasteiger partial charge in [0.2, 0.25) is 0 Å². The molecule has 0 aliphatic carbocycles. The first kappa shape index (κ1) is 22.8. The van der Waals surface area contributed by atoms with Crippen molar-refractivity contribution in [2.24, 2.45) is 11.7 Å². The number of benzene rings is 2. The van der Waals surface area contributed by atoms with Crippen molar-refractivity contribution in [3.8, 4) is 5.75 Å². The molecule has 2 aromatic carbocycles. The molecule has 0 saturated heterocycles. The first-order valence-corrected chi connectivity index (χ1v) is 9.45. The van der Waals surface area contributed by atoms with E-state index in [0.717, 1.165) is 21.1 Å². The summed E-state index contributed by atoms with van der Waals surface area (Å²) in [6.45, 7) is 5.92. The number of amides is 2. The fraction of sp³-hybridized carbons (Fsp3) is 0.316. The van der Waals surface area contributed by atoms with Crippen LogP contribution in [0.15, 0.2) is 41.3 Å². The van der Waals surface area contributed by atoms with Gasteiger partial charge in [0.25, 0.3) is 0 Å². The number of methoxy groups -OCH3 is 1. The van der Waals surface area contributed by atoms with E-state index in [1.807, 2.05) is 32.9 Å². The molecule has 2 amide bonds. The molecular formula is C19H27FN4O2S. The second-order valence-electron chi connectivity index (χ2n) is 5.42. The molecule has 4 N–H and O–H groups in total. The zero-order chi connectivity index (χ0) is 20.6. The predicted octanol–water partition coefficient (Wildman–Crippen LogP) is 4.07. The second-order valence-corrected chi connectivity index (χ2v) is 6.44. The molecule has 0 bridgehead atoms. The summed E-state index contributed by atoms with van der Waals surface area (Å²) in [5.74, 6) is 12.1. The summed E-state index contributed by atoms with van der Waals surface area (Å²) < 4.78 is 18.8. The zero-order valence-corrected chi connectivity index (χ0v) is 17.1. The minimum absolute atomic E-state index is 0.339. The number of aryl methyl sites for hydroxylation is 1. The van der Waals surface area contributed by atoms with Gasteiger partial charge in [0.05, 0.1) is 17.7 Å². The van der Waals surface area contributed by atoms with Gasteiger partial charge in [0.15, 0.2) is 0 Å². The molecule has 8 heteroatoms. The molecule has 0 aliphatic rings. The molecule has 2 rings (SSSR count). The zero-order valence-electron chi connectivity index (χ0n) is 16.3. The van der Waals surface area contributed by atoms with Crippen molar-refractivity contribution in [3.05, 3.63) is 53.3 Å². The third kappa shape index (κ3) is 5.85. The number of urea groups is 1. The van der Waals surface area contributed by atoms with E-state index in [9.17, 15) is 9.18 Å². The molecular weight excluding hydrogens is 367 g/mol. The molecule has 0 aliphatic heterocycles. The predicted molar refractivity (Wildman–Crippen MR) is 109 cm³/mol. The number of carbonyl (C=O) groups is 1. The van der Waals surface area contributed by atoms with Gasteiger partial charge in [-0.15, -0.1) is 11.8 Å². The van der Waals surface area contributed by atoms with E-state index in [-0.39, 0.29) is 5.82 Å². The number of hydrogen-bond acceptors (Lipinski definition) is 5. The second kappa shape index (κ2) is 10.8. The van der Waals surface area contributed by atoms with Crippen molar-refractivity contribution in [3.63, 3.8) is 0 Å². The van der Waals surface area contributed by atoms with Crippen LogP contribution in [-0.2, 0) is 5.75 Å². The van der Waals surface area contributed by atoms with Crippen molar-refractivity contribution in [1.29, 1.82) is 0 Å². The van der Waals surface area contributed by atoms with Crippen molar-refractivity contribution < 1.29 is 13.9 Å². The Kier molecular flexibility index (Phi) is 9.07. The Morgan fingerprint density at radius 2 is 1.89 bits per heavy atom. The molecule has 148 valence electrons. The lowest BCUT2D eigenvalue weighted by molar-refractivity contribution is 0.216. The third-order valence-electron chi connectivity index (χ3n) is 3.65. The number of nitrogens with two attached hydrogens (primary N) is 2. The van der Waals surface area contributed by atoms with Crippen LogP contribution in [0.2, 0.25) is 0 Å². The molecule has 0 spiro atoms. The Balaban J connectivity index is 0.00000176. The van der Waals surface area contributed by atoms with Crippen molar-refractivity contribution in [2.45, 2.75) is 31.4 Å². The Morgan fingerprint density at radius 3 is 2.48 bits per heavy atom. The molecule has 6 nitrogen and oxygen atoms in total. The fourth-order valence-corrected chi connectivity index (χ4v) is 3.45. The molecule has 0 saturated carbocycles. The van der Waals surface area contributed by atoms with Crippen LogP contribution in [0, 0.1) is 12.7 Å². The van der Waals surface area contributed by atoms with Crippen LogP contribution < -0.4 is 21.4 Å². The summed E-state index contributed by atoms with van der Waals surface area (Å²) in [6.07, 6.45) is 0. The summed E-state index contributed by atoms with van der Waals surface area (Å²) >= 11 is 1.40. The first-order chi connectivity index (χ1) is 12.8. The van der Waals surface area contributed by atoms with E-state index in [1.54, 1.807) is 12.1 Å². The van der Waals surface area contributed by atoms with Gasteiger partial charge in [-0.3, -0.25) is 5.01 Å². The number of halogens is 1. The highest BCUT2D eigenvalue weighted by atomic mass is 32.2. The highest BCUT2D eigenvalue weighted by Gasteiger charge is 2.19. The molecule has 0 unspecified atom stereocenters. The lowest BCUT2D eigenvalue weighted by atomic mass is 10.1. The van der Waals surface area contributed by atoms with Gasteiger partial charge in [-0.1, -0.05) is 26.0 Å². The van der Waals surface area contributed by atoms with Gasteiger partial charge in [-0.25, -0.2) is 25.9 Å². The molecule has 27 heavy (non-hydrogen) atoms. The van der Waals surface area contributed by atoms with E-state index < -0.39 is 6.03 Å². The number of thioether (sulfide) groups is 1. The Hall–Kier alpha value is -2.29. The quantitative estimate of drug-likeness (QED) is 0.346. The topological polar surface area (TPSA) is 84.8 Å². The average Bonchev–Trinajstić information content (AvgIpc) is 2.67. The maximum atomic E-state index is 13.5. The average molecular weight is 395 g/mol. The van der Waals surface area contributed by atoms with Gasteiger partial charge < -0.3 is 4.74 Å². The van der Waals surface area contributed by atoms with Gasteiger partial charge in [-0.05, 0) is 42.3 Å². The Labute approximate surface area is 164 Å². The number of hydrazine groups is 2. The van der Waals surface area contributed by atoms with Gasteiger partial charge in [-0.2, -0.15) is 0 Å². The van der Waals surface area contributed by atoms with Crippen molar-refractivity contribution in [2.75, 3.05) is 19.2 Å². The van der Waals surface area contributed by atoms with Crippen LogP contribution in [0.3, 0.4) is 0 Å². The summed E-state index contributed by atoms with van der Waals surface area (Å²) in [6, 6.07) is 9.28. The largest absolute Gasteiger partial charge is 0.496 e. The summed E-state index contributed by atoms with van der Waals surface area (Å²) in [4.78, 5) is 12.7. The molecule has 0 heterocycles. The Bertz CT molecular complexity index is 771. The van der Waals surface area contributed by atoms with Crippen molar-refractivity contribution in [1.82, 2.24) is 5.01 Å². The minimum Gasteiger partial charge on any atom is -0.496 e. The van der Waals surface area contributed by atoms with Crippen LogP contribution in [0.4, 0.5) is 14.9 Å². The number of hydrogen-bond donors (Lipinski definition) is 2. The van der Waals surface area contributed by atoms with E-state index in [4.69, 9.17) is 16.4 Å². The van der Waals surface area contributed by atoms with Gasteiger partial charge >= 0.3 is 6.03 Å². The first-order valence-electron chi connectivity index (χ1n) is 8.47. The maximum absolute atomic E-state index is 13.5. The van der Waals surface area contributed by atoms with Crippen LogP contribution in [0.5, 0.6) is 5.75 Å². The van der Waals surface area contributed by atoms with Crippen LogP contribution >= 0.6 is 11.8 Å². The summed E-state index contributed by atoms with van der Waals surface area (Å²) in [5, 5.41) is 1.92. The van der Waals surface area contributed by atoms with Crippen LogP contribution in [-0.4, -0.2) is 25.2 Å². The highest BCUT2D eigenvalue weighted by molar-refractivity contribution is 7.98. The molecule has 2 aromatic rings. The van der Waals surface area contributed by atoms with E-state index in [1.165, 1.54) is 38.1 Å². The van der Waals surface area contributed by atoms with Crippen LogP contribution in [0.25, 0.3) is 0 Å². The lowest BCUT2D eigenvalue weighted by Crippen LogP contribution is -2.49. The maximum Gasteiger partial charge on any atom is 0.352 e. The normalized spacial score (nSPS) is 9.93. The molecule has 0 aromatic heterocycles. The highest BCUT2D eigenvalue weighted by Crippen LogP contribution is 2.35. The SMILES string of the molecule is CC.COc1ccc(F)cc1SCc1c(C)cccc1N(N)C(=O)N(C)N. The number of ether oxygens (including phenoxy) is 1. The standard InChI is InChI=1S/C17H21FN4O2S.C2H6/c1-11-5-4-6-14(22(20)17(23)21(2)19)13(11)10-25-16-9-12(18)7-8-15(16)24-3;1-2/h4-9H,10,19-20H2,1-3H3;1-2H3. The minimum atomic E-state index is -0.541. The van der Waals surface area contributed by atoms with Gasteiger partial charge in [0.1, 0.15) is 11.6 Å². The fourth-order valence-electron chi connectivity index (χ4n) is 2.29. The summed E-state index contributed by atoms with van der Waals surface area (Å²) in [5.41, 5.74) is 2.37. The van der Waals surface area contributed by atoms with Crippen LogP contribution in [0.1, 0.15) is 25.0 Å². The molecule has 0 fully saturated rings. The van der Waals surface area contributed by atoms with Crippen molar-refractivity contribution >= 4 is 23.5 Å². The summed E-state index contributed by atoms with van der Waals surface area (Å²) in [7, 11) is 2.96.